The van der Waals surface area contributed by atoms with Crippen LogP contribution < -0.4 is 5.32 Å². The fraction of sp³-hybridized carbons (Fsp3) is 0.235. The van der Waals surface area contributed by atoms with Gasteiger partial charge in [-0.15, -0.1) is 0 Å². The van der Waals surface area contributed by atoms with Crippen LogP contribution in [0.4, 0.5) is 4.39 Å². The van der Waals surface area contributed by atoms with Crippen molar-refractivity contribution >= 4 is 11.6 Å². The summed E-state index contributed by atoms with van der Waals surface area (Å²) in [5, 5.41) is 22.5. The molecule has 0 spiro atoms. The van der Waals surface area contributed by atoms with Crippen LogP contribution in [0.2, 0.25) is 5.02 Å². The highest BCUT2D eigenvalue weighted by molar-refractivity contribution is 6.31. The molecule has 5 heteroatoms. The Morgan fingerprint density at radius 3 is 2.68 bits per heavy atom. The van der Waals surface area contributed by atoms with Gasteiger partial charge in [0.05, 0.1) is 11.7 Å². The molecule has 0 aliphatic carbocycles. The third-order valence-electron chi connectivity index (χ3n) is 3.50. The second-order valence-corrected chi connectivity index (χ2v) is 5.43. The maximum Gasteiger partial charge on any atom is 0.141 e. The summed E-state index contributed by atoms with van der Waals surface area (Å²) < 4.78 is 13.6. The Bertz CT molecular complexity index is 699. The lowest BCUT2D eigenvalue weighted by molar-refractivity contribution is 0.171. The molecule has 114 valence electrons. The van der Waals surface area contributed by atoms with Gasteiger partial charge >= 0.3 is 0 Å². The molecule has 22 heavy (non-hydrogen) atoms. The lowest BCUT2D eigenvalue weighted by Gasteiger charge is -2.18. The number of nitriles is 1. The quantitative estimate of drug-likeness (QED) is 0.883. The molecule has 0 aromatic heterocycles. The predicted octanol–water partition coefficient (Wildman–Crippen LogP) is 3.73. The van der Waals surface area contributed by atoms with E-state index in [0.717, 1.165) is 0 Å². The van der Waals surface area contributed by atoms with Crippen LogP contribution in [-0.2, 0) is 0 Å². The van der Waals surface area contributed by atoms with E-state index in [1.807, 2.05) is 13.0 Å². The number of nitrogens with one attached hydrogen (secondary N) is 1. The normalized spacial score (nSPS) is 13.4. The standard InChI is InChI=1S/C17H16ClFN2O/c1-11(12-6-7-13(9-20)16(19)8-12)21-10-17(22)14-4-2-3-5-15(14)18/h2-8,11,17,21-22H,10H2,1H3. The minimum Gasteiger partial charge on any atom is -0.387 e. The molecule has 0 bridgehead atoms. The molecule has 2 N–H and O–H groups in total. The maximum atomic E-state index is 13.6. The molecule has 2 aromatic rings. The van der Waals surface area contributed by atoms with Gasteiger partial charge in [-0.3, -0.25) is 0 Å². The molecule has 0 heterocycles. The highest BCUT2D eigenvalue weighted by atomic mass is 35.5. The van der Waals surface area contributed by atoms with Gasteiger partial charge in [-0.2, -0.15) is 5.26 Å². The first-order valence-corrected chi connectivity index (χ1v) is 7.26. The van der Waals surface area contributed by atoms with E-state index in [1.54, 1.807) is 30.3 Å². The van der Waals surface area contributed by atoms with E-state index in [0.29, 0.717) is 16.1 Å². The van der Waals surface area contributed by atoms with E-state index < -0.39 is 11.9 Å². The number of nitrogens with zero attached hydrogens (tertiary/aromatic N) is 1. The Hall–Kier alpha value is -1.93. The molecule has 0 aliphatic rings. The third-order valence-corrected chi connectivity index (χ3v) is 3.84. The average molecular weight is 319 g/mol. The lowest BCUT2D eigenvalue weighted by atomic mass is 10.0. The number of benzene rings is 2. The van der Waals surface area contributed by atoms with Gasteiger partial charge in [0, 0.05) is 23.2 Å². The summed E-state index contributed by atoms with van der Waals surface area (Å²) in [5.41, 5.74) is 1.38. The maximum absolute atomic E-state index is 13.6. The average Bonchev–Trinajstić information content (AvgIpc) is 2.52. The van der Waals surface area contributed by atoms with Crippen LogP contribution in [0.3, 0.4) is 0 Å². The molecule has 0 saturated heterocycles. The Balaban J connectivity index is 2.01. The first-order valence-electron chi connectivity index (χ1n) is 6.88. The molecule has 0 radical (unpaired) electrons. The van der Waals surface area contributed by atoms with Gasteiger partial charge in [0.15, 0.2) is 0 Å². The van der Waals surface area contributed by atoms with Crippen molar-refractivity contribution in [3.8, 4) is 6.07 Å². The molecule has 2 unspecified atom stereocenters. The zero-order valence-corrected chi connectivity index (χ0v) is 12.8. The largest absolute Gasteiger partial charge is 0.387 e. The topological polar surface area (TPSA) is 56.0 Å². The van der Waals surface area contributed by atoms with Crippen LogP contribution in [0.25, 0.3) is 0 Å². The van der Waals surface area contributed by atoms with E-state index >= 15 is 0 Å². The van der Waals surface area contributed by atoms with Gasteiger partial charge in [-0.1, -0.05) is 35.9 Å². The smallest absolute Gasteiger partial charge is 0.141 e. The van der Waals surface area contributed by atoms with E-state index in [2.05, 4.69) is 5.32 Å². The number of hydrogen-bond donors (Lipinski definition) is 2. The number of aliphatic hydroxyl groups excluding tert-OH is 1. The number of hydrogen-bond acceptors (Lipinski definition) is 3. The summed E-state index contributed by atoms with van der Waals surface area (Å²) >= 11 is 6.04. The highest BCUT2D eigenvalue weighted by Crippen LogP contribution is 2.23. The van der Waals surface area contributed by atoms with E-state index in [1.165, 1.54) is 12.1 Å². The van der Waals surface area contributed by atoms with Crippen molar-refractivity contribution in [1.29, 1.82) is 5.26 Å². The Kier molecular flexibility index (Phi) is 5.51. The summed E-state index contributed by atoms with van der Waals surface area (Å²) in [6.45, 7) is 2.15. The van der Waals surface area contributed by atoms with Crippen LogP contribution in [0.1, 0.15) is 35.8 Å². The van der Waals surface area contributed by atoms with Crippen LogP contribution in [0.15, 0.2) is 42.5 Å². The zero-order valence-electron chi connectivity index (χ0n) is 12.1. The summed E-state index contributed by atoms with van der Waals surface area (Å²) in [7, 11) is 0. The van der Waals surface area contributed by atoms with E-state index in [-0.39, 0.29) is 18.2 Å². The Labute approximate surface area is 134 Å². The first-order chi connectivity index (χ1) is 10.5. The third kappa shape index (κ3) is 3.83. The van der Waals surface area contributed by atoms with Crippen LogP contribution >= 0.6 is 11.6 Å². The molecule has 0 amide bonds. The monoisotopic (exact) mass is 318 g/mol. The van der Waals surface area contributed by atoms with Gasteiger partial charge in [0.1, 0.15) is 11.9 Å². The first kappa shape index (κ1) is 16.4. The second kappa shape index (κ2) is 7.37. The van der Waals surface area contributed by atoms with Crippen molar-refractivity contribution in [2.24, 2.45) is 0 Å². The fourth-order valence-electron chi connectivity index (χ4n) is 2.15. The fourth-order valence-corrected chi connectivity index (χ4v) is 2.41. The van der Waals surface area contributed by atoms with Gasteiger partial charge < -0.3 is 10.4 Å². The van der Waals surface area contributed by atoms with Crippen molar-refractivity contribution in [2.75, 3.05) is 6.54 Å². The number of aliphatic hydroxyl groups is 1. The molecular weight excluding hydrogens is 303 g/mol. The zero-order chi connectivity index (χ0) is 16.1. The Morgan fingerprint density at radius 1 is 1.32 bits per heavy atom. The van der Waals surface area contributed by atoms with Crippen molar-refractivity contribution in [3.05, 3.63) is 70.0 Å². The minimum absolute atomic E-state index is 0.0204. The molecule has 2 atom stereocenters. The van der Waals surface area contributed by atoms with Gasteiger partial charge in [-0.05, 0) is 30.7 Å². The Morgan fingerprint density at radius 2 is 2.05 bits per heavy atom. The summed E-state index contributed by atoms with van der Waals surface area (Å²) in [6, 6.07) is 13.2. The molecule has 2 aromatic carbocycles. The van der Waals surface area contributed by atoms with E-state index in [4.69, 9.17) is 16.9 Å². The minimum atomic E-state index is -0.751. The molecular formula is C17H16ClFN2O. The molecule has 0 saturated carbocycles. The summed E-state index contributed by atoms with van der Waals surface area (Å²) in [5.74, 6) is -0.541. The van der Waals surface area contributed by atoms with E-state index in [9.17, 15) is 9.50 Å². The lowest BCUT2D eigenvalue weighted by Crippen LogP contribution is -2.25. The van der Waals surface area contributed by atoms with Gasteiger partial charge in [-0.25, -0.2) is 4.39 Å². The van der Waals surface area contributed by atoms with Gasteiger partial charge in [0.2, 0.25) is 0 Å². The second-order valence-electron chi connectivity index (χ2n) is 5.02. The van der Waals surface area contributed by atoms with Crippen molar-refractivity contribution < 1.29 is 9.50 Å². The van der Waals surface area contributed by atoms with Gasteiger partial charge in [0.25, 0.3) is 0 Å². The number of halogens is 2. The van der Waals surface area contributed by atoms with Crippen molar-refractivity contribution in [2.45, 2.75) is 19.1 Å². The summed E-state index contributed by atoms with van der Waals surface area (Å²) in [6.07, 6.45) is -0.751. The molecule has 0 fully saturated rings. The number of rotatable bonds is 5. The van der Waals surface area contributed by atoms with Crippen molar-refractivity contribution in [3.63, 3.8) is 0 Å². The highest BCUT2D eigenvalue weighted by Gasteiger charge is 2.14. The van der Waals surface area contributed by atoms with Crippen LogP contribution in [0, 0.1) is 17.1 Å². The molecule has 3 nitrogen and oxygen atoms in total. The molecule has 2 rings (SSSR count). The predicted molar refractivity (Wildman–Crippen MR) is 83.9 cm³/mol. The van der Waals surface area contributed by atoms with Crippen LogP contribution in [0.5, 0.6) is 0 Å². The molecule has 0 aliphatic heterocycles. The SMILES string of the molecule is CC(NCC(O)c1ccccc1Cl)c1ccc(C#N)c(F)c1. The summed E-state index contributed by atoms with van der Waals surface area (Å²) in [4.78, 5) is 0. The van der Waals surface area contributed by atoms with Crippen molar-refractivity contribution in [1.82, 2.24) is 5.32 Å². The van der Waals surface area contributed by atoms with Crippen LogP contribution in [-0.4, -0.2) is 11.7 Å².